The predicted molar refractivity (Wildman–Crippen MR) is 133 cm³/mol. The second kappa shape index (κ2) is 13.4. The van der Waals surface area contributed by atoms with Crippen LogP contribution in [0.25, 0.3) is 11.2 Å². The van der Waals surface area contributed by atoms with Gasteiger partial charge in [0.15, 0.2) is 28.7 Å². The molecule has 198 valence electrons. The molecule has 2 aromatic heterocycles. The number of terminal acetylenes is 1. The molecular weight excluding hydrogens is 467 g/mol. The largest absolute Gasteiger partial charge is 0.442 e. The van der Waals surface area contributed by atoms with E-state index in [1.54, 1.807) is 0 Å². The van der Waals surface area contributed by atoms with Crippen molar-refractivity contribution in [3.05, 3.63) is 12.4 Å². The highest BCUT2D eigenvalue weighted by Crippen LogP contribution is 2.39. The minimum atomic E-state index is -1.56. The quantitative estimate of drug-likeness (QED) is 0.200. The Kier molecular flexibility index (Phi) is 10.3. The van der Waals surface area contributed by atoms with Crippen LogP contribution in [0.4, 0.5) is 15.0 Å². The number of nitrogen functional groups attached to an aromatic ring is 1. The molecule has 1 aliphatic heterocycles. The maximum atomic E-state index is 13.7. The summed E-state index contributed by atoms with van der Waals surface area (Å²) in [6, 6.07) is 0. The molecule has 1 saturated heterocycles. The number of anilines is 1. The van der Waals surface area contributed by atoms with Gasteiger partial charge in [-0.15, -0.1) is 6.42 Å². The van der Waals surface area contributed by atoms with Crippen molar-refractivity contribution in [2.24, 2.45) is 0 Å². The zero-order valence-electron chi connectivity index (χ0n) is 20.9. The number of nitrogens with zero attached hydrogens (tertiary/aromatic N) is 4. The maximum absolute atomic E-state index is 13.7. The van der Waals surface area contributed by atoms with Gasteiger partial charge in [-0.1, -0.05) is 70.6 Å². The molecule has 1 aliphatic rings. The van der Waals surface area contributed by atoms with Crippen LogP contribution in [0.2, 0.25) is 0 Å². The van der Waals surface area contributed by atoms with Gasteiger partial charge in [-0.2, -0.15) is 14.4 Å². The van der Waals surface area contributed by atoms with Gasteiger partial charge in [0.2, 0.25) is 0 Å². The first-order valence-electron chi connectivity index (χ1n) is 12.8. The lowest BCUT2D eigenvalue weighted by atomic mass is 9.98. The number of rotatable bonds is 14. The number of unbranched alkanes of at least 4 members (excludes halogenated alkanes) is 9. The van der Waals surface area contributed by atoms with Crippen LogP contribution in [0.15, 0.2) is 6.33 Å². The normalized spacial score (nSPS) is 21.5. The van der Waals surface area contributed by atoms with Crippen molar-refractivity contribution in [1.29, 1.82) is 0 Å². The Labute approximate surface area is 211 Å². The number of hydrogen-bond acceptors (Lipinski definition) is 8. The van der Waals surface area contributed by atoms with Crippen LogP contribution in [0.3, 0.4) is 0 Å². The molecule has 4 N–H and O–H groups in total. The predicted octanol–water partition coefficient (Wildman–Crippen LogP) is 3.85. The molecule has 0 aromatic carbocycles. The van der Waals surface area contributed by atoms with E-state index in [0.29, 0.717) is 6.54 Å². The lowest BCUT2D eigenvalue weighted by Crippen LogP contribution is -2.45. The lowest BCUT2D eigenvalue weighted by Gasteiger charge is -2.26. The van der Waals surface area contributed by atoms with Gasteiger partial charge in [-0.25, -0.2) is 9.78 Å². The Bertz CT molecular complexity index is 1040. The van der Waals surface area contributed by atoms with Crippen molar-refractivity contribution in [1.82, 2.24) is 24.8 Å². The summed E-state index contributed by atoms with van der Waals surface area (Å²) >= 11 is 0. The number of halogens is 1. The van der Waals surface area contributed by atoms with Crippen molar-refractivity contribution < 1.29 is 23.8 Å². The third-order valence-corrected chi connectivity index (χ3v) is 6.54. The van der Waals surface area contributed by atoms with E-state index in [9.17, 15) is 14.3 Å². The van der Waals surface area contributed by atoms with Crippen molar-refractivity contribution in [3.8, 4) is 12.3 Å². The second-order valence-electron chi connectivity index (χ2n) is 9.20. The molecule has 0 bridgehead atoms. The maximum Gasteiger partial charge on any atom is 0.407 e. The Hall–Kier alpha value is -2.97. The fourth-order valence-electron chi connectivity index (χ4n) is 4.46. The monoisotopic (exact) mass is 504 g/mol. The first kappa shape index (κ1) is 27.6. The van der Waals surface area contributed by atoms with Crippen molar-refractivity contribution in [2.75, 3.05) is 18.9 Å². The van der Waals surface area contributed by atoms with Crippen LogP contribution in [0, 0.1) is 18.4 Å². The van der Waals surface area contributed by atoms with Gasteiger partial charge in [0, 0.05) is 13.0 Å². The fraction of sp³-hybridized carbons (Fsp3) is 0.680. The third-order valence-electron chi connectivity index (χ3n) is 6.54. The number of hydrogen-bond donors (Lipinski definition) is 3. The van der Waals surface area contributed by atoms with E-state index >= 15 is 0 Å². The number of aliphatic hydroxyl groups is 1. The minimum Gasteiger partial charge on any atom is -0.442 e. The third kappa shape index (κ3) is 6.83. The fourth-order valence-corrected chi connectivity index (χ4v) is 4.46. The number of amides is 1. The smallest absolute Gasteiger partial charge is 0.407 e. The van der Waals surface area contributed by atoms with Crippen molar-refractivity contribution in [3.63, 3.8) is 0 Å². The Morgan fingerprint density at radius 1 is 1.28 bits per heavy atom. The molecule has 2 aromatic rings. The number of aromatic nitrogens is 4. The van der Waals surface area contributed by atoms with E-state index in [-0.39, 0.29) is 23.4 Å². The Morgan fingerprint density at radius 3 is 2.58 bits per heavy atom. The van der Waals surface area contributed by atoms with Crippen LogP contribution in [-0.4, -0.2) is 55.6 Å². The van der Waals surface area contributed by atoms with E-state index in [1.807, 2.05) is 0 Å². The molecular formula is C25H37FN6O4. The average molecular weight is 505 g/mol. The van der Waals surface area contributed by atoms with Gasteiger partial charge in [-0.3, -0.25) is 4.57 Å². The summed E-state index contributed by atoms with van der Waals surface area (Å²) in [5.41, 5.74) is 4.48. The Balaban J connectivity index is 1.47. The zero-order valence-corrected chi connectivity index (χ0v) is 20.9. The molecule has 0 radical (unpaired) electrons. The van der Waals surface area contributed by atoms with Gasteiger partial charge < -0.3 is 25.6 Å². The SMILES string of the molecule is C#C[C@]1(CO)O[C@@H](n2cnc3c(N)nc(F)nc32)C[C@@H]1OC(=O)NCCCCCCCCCCCC. The molecule has 36 heavy (non-hydrogen) atoms. The second-order valence-corrected chi connectivity index (χ2v) is 9.20. The van der Waals surface area contributed by atoms with Gasteiger partial charge in [0.25, 0.3) is 0 Å². The summed E-state index contributed by atoms with van der Waals surface area (Å²) in [6.07, 6.45) is 15.7. The zero-order chi connectivity index (χ0) is 26.0. The molecule has 0 aliphatic carbocycles. The standard InChI is InChI=1S/C25H37FN6O4/c1-3-5-6-7-8-9-10-11-12-13-14-28-24(34)35-18-15-19(36-25(18,4-2)16-33)32-17-29-20-21(27)30-23(26)31-22(20)32/h2,17-19,33H,3,5-16H2,1H3,(H,28,34)(H2,27,30,31)/t18-,19+,25+/m0/s1. The van der Waals surface area contributed by atoms with E-state index in [0.717, 1.165) is 19.3 Å². The summed E-state index contributed by atoms with van der Waals surface area (Å²) in [5.74, 6) is 2.30. The highest BCUT2D eigenvalue weighted by atomic mass is 19.1. The number of ether oxygens (including phenoxy) is 2. The number of fused-ring (bicyclic) bond motifs is 1. The van der Waals surface area contributed by atoms with Crippen LogP contribution in [-0.2, 0) is 9.47 Å². The summed E-state index contributed by atoms with van der Waals surface area (Å²) < 4.78 is 26.6. The number of nitrogens with two attached hydrogens (primary N) is 1. The number of imidazole rings is 1. The molecule has 3 atom stereocenters. The number of aliphatic hydroxyl groups excluding tert-OH is 1. The molecule has 0 spiro atoms. The van der Waals surface area contributed by atoms with E-state index in [1.165, 1.54) is 55.8 Å². The summed E-state index contributed by atoms with van der Waals surface area (Å²) in [6.45, 7) is 2.13. The molecule has 1 amide bonds. The topological polar surface area (TPSA) is 137 Å². The molecule has 10 nitrogen and oxygen atoms in total. The Morgan fingerprint density at radius 2 is 1.94 bits per heavy atom. The highest BCUT2D eigenvalue weighted by Gasteiger charge is 2.51. The van der Waals surface area contributed by atoms with Crippen LogP contribution < -0.4 is 11.1 Å². The highest BCUT2D eigenvalue weighted by molar-refractivity contribution is 5.81. The summed E-state index contributed by atoms with van der Waals surface area (Å²) in [4.78, 5) is 23.8. The van der Waals surface area contributed by atoms with Crippen LogP contribution in [0.5, 0.6) is 0 Å². The number of nitrogens with one attached hydrogen (secondary N) is 1. The molecule has 11 heteroatoms. The number of carbonyl (C=O) groups is 1. The van der Waals surface area contributed by atoms with Gasteiger partial charge in [0.1, 0.15) is 6.23 Å². The molecule has 1 fully saturated rings. The number of carbonyl (C=O) groups excluding carboxylic acids is 1. The van der Waals surface area contributed by atoms with Crippen molar-refractivity contribution >= 4 is 23.1 Å². The lowest BCUT2D eigenvalue weighted by molar-refractivity contribution is -0.0908. The van der Waals surface area contributed by atoms with Gasteiger partial charge >= 0.3 is 12.2 Å². The van der Waals surface area contributed by atoms with E-state index in [2.05, 4.69) is 33.1 Å². The summed E-state index contributed by atoms with van der Waals surface area (Å²) in [7, 11) is 0. The molecule has 0 saturated carbocycles. The van der Waals surface area contributed by atoms with E-state index < -0.39 is 36.7 Å². The first-order valence-corrected chi connectivity index (χ1v) is 12.8. The van der Waals surface area contributed by atoms with Gasteiger partial charge in [0.05, 0.1) is 12.9 Å². The van der Waals surface area contributed by atoms with Crippen LogP contribution in [0.1, 0.15) is 83.8 Å². The van der Waals surface area contributed by atoms with Crippen molar-refractivity contribution in [2.45, 2.75) is 95.5 Å². The minimum absolute atomic E-state index is 0.105. The van der Waals surface area contributed by atoms with Gasteiger partial charge in [-0.05, 0) is 6.42 Å². The summed E-state index contributed by atoms with van der Waals surface area (Å²) in [5, 5.41) is 12.7. The first-order chi connectivity index (χ1) is 17.4. The van der Waals surface area contributed by atoms with E-state index in [4.69, 9.17) is 21.6 Å². The average Bonchev–Trinajstić information content (AvgIpc) is 3.44. The number of alkyl carbamates (subject to hydrolysis) is 1. The molecule has 0 unspecified atom stereocenters. The van der Waals surface area contributed by atoms with Crippen LogP contribution >= 0.6 is 0 Å². The molecule has 3 heterocycles. The molecule has 3 rings (SSSR count).